The standard InChI is InChI=1S/C26H27F2N5O4S/c1-38(34,35)19-5-6-21(20(27)8-19)32-25-23(28)26(31-14-30-25)37-24-17-10-33(11-18(24)13-36-12-17)22-7-4-16(9-29-22)15-2-3-15/h4-9,14-15,17-18,24H,2-3,10-13H2,1H3,(H,30,31,32). The molecule has 9 nitrogen and oxygen atoms in total. The van der Waals surface area contributed by atoms with Gasteiger partial charge in [0.05, 0.1) is 23.8 Å². The molecule has 2 aromatic heterocycles. The van der Waals surface area contributed by atoms with Crippen LogP contribution in [-0.4, -0.2) is 62.0 Å². The van der Waals surface area contributed by atoms with Crippen molar-refractivity contribution in [1.82, 2.24) is 15.0 Å². The van der Waals surface area contributed by atoms with Crippen molar-refractivity contribution < 1.29 is 26.7 Å². The van der Waals surface area contributed by atoms with Gasteiger partial charge in [0.1, 0.15) is 24.1 Å². The zero-order chi connectivity index (χ0) is 26.4. The highest BCUT2D eigenvalue weighted by molar-refractivity contribution is 7.90. The Morgan fingerprint density at radius 1 is 1.05 bits per heavy atom. The molecule has 2 aliphatic heterocycles. The van der Waals surface area contributed by atoms with E-state index in [1.54, 1.807) is 0 Å². The maximum atomic E-state index is 15.4. The van der Waals surface area contributed by atoms with E-state index in [-0.39, 0.29) is 40.2 Å². The van der Waals surface area contributed by atoms with E-state index < -0.39 is 21.5 Å². The number of nitrogens with one attached hydrogen (secondary N) is 1. The van der Waals surface area contributed by atoms with E-state index in [2.05, 4.69) is 37.3 Å². The Kier molecular flexibility index (Phi) is 6.39. The van der Waals surface area contributed by atoms with E-state index >= 15 is 4.39 Å². The number of anilines is 3. The fraction of sp³-hybridized carbons (Fsp3) is 0.423. The lowest BCUT2D eigenvalue weighted by Crippen LogP contribution is -2.57. The van der Waals surface area contributed by atoms with Gasteiger partial charge < -0.3 is 19.7 Å². The molecule has 0 radical (unpaired) electrons. The molecule has 0 amide bonds. The summed E-state index contributed by atoms with van der Waals surface area (Å²) in [7, 11) is -3.58. The van der Waals surface area contributed by atoms with Crippen molar-refractivity contribution in [2.75, 3.05) is 42.8 Å². The van der Waals surface area contributed by atoms with Crippen LogP contribution in [0.5, 0.6) is 5.88 Å². The number of benzene rings is 1. The van der Waals surface area contributed by atoms with Crippen molar-refractivity contribution in [1.29, 1.82) is 0 Å². The Hall–Kier alpha value is -3.38. The molecule has 3 fully saturated rings. The molecule has 6 rings (SSSR count). The number of sulfone groups is 1. The van der Waals surface area contributed by atoms with Crippen molar-refractivity contribution in [2.24, 2.45) is 11.8 Å². The van der Waals surface area contributed by atoms with Crippen LogP contribution < -0.4 is 15.0 Å². The predicted octanol–water partition coefficient (Wildman–Crippen LogP) is 3.70. The summed E-state index contributed by atoms with van der Waals surface area (Å²) >= 11 is 0. The summed E-state index contributed by atoms with van der Waals surface area (Å²) in [6.07, 6.45) is 6.21. The molecule has 2 unspecified atom stereocenters. The highest BCUT2D eigenvalue weighted by Gasteiger charge is 2.43. The predicted molar refractivity (Wildman–Crippen MR) is 135 cm³/mol. The van der Waals surface area contributed by atoms with Crippen molar-refractivity contribution in [2.45, 2.75) is 29.8 Å². The zero-order valence-corrected chi connectivity index (χ0v) is 21.5. The molecule has 4 heterocycles. The Morgan fingerprint density at radius 2 is 1.82 bits per heavy atom. The van der Waals surface area contributed by atoms with E-state index in [0.717, 1.165) is 24.5 Å². The van der Waals surface area contributed by atoms with Gasteiger partial charge >= 0.3 is 0 Å². The molecule has 3 aromatic rings. The summed E-state index contributed by atoms with van der Waals surface area (Å²) in [4.78, 5) is 14.6. The Bertz CT molecular complexity index is 1440. The van der Waals surface area contributed by atoms with Crippen LogP contribution in [0.2, 0.25) is 0 Å². The monoisotopic (exact) mass is 543 g/mol. The average Bonchev–Trinajstić information content (AvgIpc) is 3.72. The summed E-state index contributed by atoms with van der Waals surface area (Å²) in [6, 6.07) is 7.54. The largest absolute Gasteiger partial charge is 0.471 e. The van der Waals surface area contributed by atoms with Gasteiger partial charge in [0.2, 0.25) is 5.82 Å². The summed E-state index contributed by atoms with van der Waals surface area (Å²) in [5.74, 6) is -0.734. The number of rotatable bonds is 7. The van der Waals surface area contributed by atoms with Crippen LogP contribution in [0.1, 0.15) is 24.3 Å². The van der Waals surface area contributed by atoms with Gasteiger partial charge in [0.25, 0.3) is 5.88 Å². The molecule has 1 N–H and O–H groups in total. The molecule has 2 bridgehead atoms. The molecule has 12 heteroatoms. The molecule has 0 spiro atoms. The van der Waals surface area contributed by atoms with Gasteiger partial charge in [0.15, 0.2) is 15.7 Å². The number of hydrogen-bond acceptors (Lipinski definition) is 9. The Morgan fingerprint density at radius 3 is 2.45 bits per heavy atom. The number of aromatic nitrogens is 3. The van der Waals surface area contributed by atoms with E-state index in [1.807, 2.05) is 6.20 Å². The van der Waals surface area contributed by atoms with Gasteiger partial charge in [-0.2, -0.15) is 9.37 Å². The topological polar surface area (TPSA) is 107 Å². The molecular formula is C26H27F2N5O4S. The second-order valence-electron chi connectivity index (χ2n) is 10.1. The summed E-state index contributed by atoms with van der Waals surface area (Å²) in [5.41, 5.74) is 1.16. The average molecular weight is 544 g/mol. The fourth-order valence-electron chi connectivity index (χ4n) is 5.13. The summed E-state index contributed by atoms with van der Waals surface area (Å²) < 4.78 is 65.1. The van der Waals surface area contributed by atoms with Crippen LogP contribution in [0.15, 0.2) is 47.8 Å². The minimum Gasteiger partial charge on any atom is -0.471 e. The molecule has 2 atom stereocenters. The number of fused-ring (bicyclic) bond motifs is 2. The van der Waals surface area contributed by atoms with Crippen LogP contribution in [0.4, 0.5) is 26.1 Å². The van der Waals surface area contributed by atoms with Crippen LogP contribution in [-0.2, 0) is 14.6 Å². The minimum atomic E-state index is -3.58. The van der Waals surface area contributed by atoms with Crippen LogP contribution in [0.25, 0.3) is 0 Å². The van der Waals surface area contributed by atoms with Gasteiger partial charge in [-0.3, -0.25) is 0 Å². The van der Waals surface area contributed by atoms with E-state index in [4.69, 9.17) is 9.47 Å². The van der Waals surface area contributed by atoms with E-state index in [1.165, 1.54) is 30.5 Å². The highest BCUT2D eigenvalue weighted by Crippen LogP contribution is 2.40. The number of piperidine rings is 1. The molecule has 200 valence electrons. The number of ether oxygens (including phenoxy) is 2. The molecule has 1 aromatic carbocycles. The zero-order valence-electron chi connectivity index (χ0n) is 20.7. The fourth-order valence-corrected chi connectivity index (χ4v) is 5.76. The Balaban J connectivity index is 1.17. The number of halogens is 2. The first kappa shape index (κ1) is 24.9. The van der Waals surface area contributed by atoms with Gasteiger partial charge in [-0.05, 0) is 48.6 Å². The molecule has 1 aliphatic carbocycles. The maximum absolute atomic E-state index is 15.4. The van der Waals surface area contributed by atoms with Crippen molar-refractivity contribution in [3.8, 4) is 5.88 Å². The lowest BCUT2D eigenvalue weighted by atomic mass is 9.84. The van der Waals surface area contributed by atoms with E-state index in [9.17, 15) is 12.8 Å². The second-order valence-corrected chi connectivity index (χ2v) is 12.2. The van der Waals surface area contributed by atoms with Crippen LogP contribution in [0.3, 0.4) is 0 Å². The molecular weight excluding hydrogens is 516 g/mol. The van der Waals surface area contributed by atoms with Gasteiger partial charge in [-0.1, -0.05) is 6.07 Å². The van der Waals surface area contributed by atoms with Crippen molar-refractivity contribution in [3.63, 3.8) is 0 Å². The molecule has 38 heavy (non-hydrogen) atoms. The molecule has 1 saturated carbocycles. The number of pyridine rings is 1. The lowest BCUT2D eigenvalue weighted by molar-refractivity contribution is -0.0779. The third kappa shape index (κ3) is 5.02. The first-order valence-corrected chi connectivity index (χ1v) is 14.4. The second kappa shape index (κ2) is 9.73. The first-order valence-electron chi connectivity index (χ1n) is 12.5. The summed E-state index contributed by atoms with van der Waals surface area (Å²) in [6.45, 7) is 2.22. The quantitative estimate of drug-likeness (QED) is 0.477. The third-order valence-corrected chi connectivity index (χ3v) is 8.38. The maximum Gasteiger partial charge on any atom is 0.256 e. The minimum absolute atomic E-state index is 0.0286. The van der Waals surface area contributed by atoms with E-state index in [0.29, 0.717) is 32.2 Å². The normalized spacial score (nSPS) is 23.2. The lowest BCUT2D eigenvalue weighted by Gasteiger charge is -2.46. The molecule has 3 aliphatic rings. The number of hydrogen-bond donors (Lipinski definition) is 1. The highest BCUT2D eigenvalue weighted by atomic mass is 32.2. The smallest absolute Gasteiger partial charge is 0.256 e. The Labute approximate surface area is 219 Å². The third-order valence-electron chi connectivity index (χ3n) is 7.27. The van der Waals surface area contributed by atoms with Crippen molar-refractivity contribution >= 4 is 27.2 Å². The van der Waals surface area contributed by atoms with Gasteiger partial charge in [-0.15, -0.1) is 0 Å². The summed E-state index contributed by atoms with van der Waals surface area (Å²) in [5, 5.41) is 2.58. The van der Waals surface area contributed by atoms with Crippen LogP contribution in [0, 0.1) is 23.5 Å². The van der Waals surface area contributed by atoms with Crippen molar-refractivity contribution in [3.05, 3.63) is 60.1 Å². The number of nitrogens with zero attached hydrogens (tertiary/aromatic N) is 4. The molecule has 2 saturated heterocycles. The SMILES string of the molecule is CS(=O)(=O)c1ccc(Nc2ncnc(OC3C4COCC3CN(c3ccc(C5CC5)cn3)C4)c2F)c(F)c1. The van der Waals surface area contributed by atoms with Gasteiger partial charge in [0, 0.05) is 37.4 Å². The van der Waals surface area contributed by atoms with Gasteiger partial charge in [-0.25, -0.2) is 22.8 Å². The first-order chi connectivity index (χ1) is 18.3. The van der Waals surface area contributed by atoms with Crippen LogP contribution >= 0.6 is 0 Å².